The fraction of sp³-hybridized carbons (Fsp3) is 0.466. The number of nitrogens with one attached hydrogen (secondary N) is 10. The number of methoxy groups -OCH3 is 1. The third kappa shape index (κ3) is 16.4. The summed E-state index contributed by atoms with van der Waals surface area (Å²) in [7, 11) is 2.77. The minimum absolute atomic E-state index is 0.0498. The third-order valence-electron chi connectivity index (χ3n) is 20.1. The van der Waals surface area contributed by atoms with E-state index >= 15 is 28.8 Å². The highest BCUT2D eigenvalue weighted by Gasteiger charge is 2.50. The van der Waals surface area contributed by atoms with Crippen molar-refractivity contribution in [3.05, 3.63) is 117 Å². The topological polar surface area (TPSA) is 403 Å². The van der Waals surface area contributed by atoms with Crippen LogP contribution >= 0.6 is 23.2 Å². The second-order valence-electron chi connectivity index (χ2n) is 27.8. The van der Waals surface area contributed by atoms with E-state index in [1.54, 1.807) is 0 Å². The lowest BCUT2D eigenvalue weighted by Gasteiger charge is -2.54. The summed E-state index contributed by atoms with van der Waals surface area (Å²) in [4.78, 5) is 135. The summed E-state index contributed by atoms with van der Waals surface area (Å²) in [5, 5.41) is 86.1. The Balaban J connectivity index is 1.06. The molecule has 14 rings (SSSR count). The number of likely N-dealkylation sites (N-methyl/N-ethyl adjacent to an activating group) is 1. The minimum Gasteiger partial charge on any atom is -0.508 e. The van der Waals surface area contributed by atoms with Gasteiger partial charge < -0.3 is 87.6 Å². The maximum atomic E-state index is 16.0. The molecule has 5 aliphatic heterocycles. The summed E-state index contributed by atoms with van der Waals surface area (Å²) in [6.07, 6.45) is 5.19. The number of amides is 10. The SMILES string of the molecule is CCCCCCCCNC(=O)NC(=O)CC1NC(=O)C(NC(=O)[C@@H](CC(C)C)NC)[C@H](O)c2ccc(c(Cl)c2)Oc2cc3cc(c2OC)Oc2ccc(cc2Cl)[C@@H](O)[C@@H]2NC(=O)[C@H](NC(=O)C3NC1=O)c1ccc(O)c(c1)-c1c(O)cc(O)cc1C(C(=O)NC1C3CC4CC(C3)CC1C4)NC2=O. The van der Waals surface area contributed by atoms with Gasteiger partial charge in [-0.15, -0.1) is 0 Å². The summed E-state index contributed by atoms with van der Waals surface area (Å²) in [5.74, 6) is -10.7. The van der Waals surface area contributed by atoms with Gasteiger partial charge in [-0.2, -0.15) is 0 Å². The standard InChI is InChI=1S/C73H86Cl2N10O17/c1-6-7-8-9-10-11-18-77-73(99)79-55(89)32-48-67(93)81-59-41-28-53(101-51-16-13-37(26-45(51)74)63(90)61(71(97)78-48)84-66(92)47(76-4)19-33(2)3)65(100-5)54(29-41)102-52-17-14-38(27-46(52)75)64(91)62-72(98)83-60(70(96)80-57-39-21-34-20-35(23-39)24-40(57)22-34)44-30-42(86)31-50(88)56(44)43-25-36(12-15-49(43)87)58(68(94)85-62)82-69(59)95/h12-17,25-31,33-35,39-40,47-48,57-64,76,86-88,90-91H,6-11,18-24,32H2,1-5H3,(H,78,97)(H,80,96)(H,81,93)(H,82,95)(H,83,98)(H,84,92)(H,85,94)(H2,77,79,89,99)/t34?,35?,39?,40?,47-,48?,57?,58-,59?,60?,61?,62+,63-,64-/m1/s1. The van der Waals surface area contributed by atoms with Crippen molar-refractivity contribution in [3.8, 4) is 57.1 Å². The molecule has 0 saturated heterocycles. The number of aromatic hydroxyl groups is 3. The molecular weight excluding hydrogens is 1360 g/mol. The number of urea groups is 1. The van der Waals surface area contributed by atoms with Gasteiger partial charge in [-0.1, -0.05) is 94.3 Å². The number of aliphatic hydroxyl groups excluding tert-OH is 2. The predicted octanol–water partition coefficient (Wildman–Crippen LogP) is 7.26. The monoisotopic (exact) mass is 1440 g/mol. The van der Waals surface area contributed by atoms with Crippen LogP contribution in [-0.2, 0) is 38.4 Å². The number of halogens is 2. The molecule has 5 aromatic rings. The molecule has 15 N–H and O–H groups in total. The van der Waals surface area contributed by atoms with Crippen LogP contribution in [0.5, 0.6) is 46.0 Å². The summed E-state index contributed by atoms with van der Waals surface area (Å²) >= 11 is 14.0. The highest BCUT2D eigenvalue weighted by Crippen LogP contribution is 2.54. The zero-order valence-electron chi connectivity index (χ0n) is 57.0. The fourth-order valence-electron chi connectivity index (χ4n) is 15.3. The smallest absolute Gasteiger partial charge is 0.321 e. The number of phenolic OH excluding ortho intramolecular Hbond substituents is 3. The summed E-state index contributed by atoms with van der Waals surface area (Å²) in [5.41, 5.74) is -1.43. The molecule has 544 valence electrons. The molecule has 15 bridgehead atoms. The van der Waals surface area contributed by atoms with Crippen molar-refractivity contribution < 1.29 is 82.9 Å². The lowest BCUT2D eigenvalue weighted by atomic mass is 9.54. The first kappa shape index (κ1) is 73.8. The first-order chi connectivity index (χ1) is 48.8. The molecule has 0 aromatic heterocycles. The second kappa shape index (κ2) is 31.9. The molecule has 0 spiro atoms. The maximum Gasteiger partial charge on any atom is 0.321 e. The quantitative estimate of drug-likeness (QED) is 0.0407. The number of imide groups is 1. The molecule has 9 aliphatic rings. The lowest BCUT2D eigenvalue weighted by molar-refractivity contribution is -0.138. The Labute approximate surface area is 598 Å². The van der Waals surface area contributed by atoms with E-state index in [2.05, 4.69) is 60.1 Å². The van der Waals surface area contributed by atoms with Crippen molar-refractivity contribution in [2.45, 2.75) is 165 Å². The van der Waals surface area contributed by atoms with Crippen LogP contribution < -0.4 is 67.4 Å². The Morgan fingerprint density at radius 3 is 1.84 bits per heavy atom. The number of unbranched alkanes of at least 4 members (excludes halogenated alkanes) is 5. The third-order valence-corrected chi connectivity index (χ3v) is 20.7. The number of aliphatic hydroxyl groups is 2. The van der Waals surface area contributed by atoms with Crippen LogP contribution in [0.15, 0.2) is 78.9 Å². The van der Waals surface area contributed by atoms with E-state index in [9.17, 15) is 39.9 Å². The molecule has 4 aliphatic carbocycles. The molecule has 4 unspecified atom stereocenters. The molecule has 27 nitrogen and oxygen atoms in total. The average Bonchev–Trinajstić information content (AvgIpc) is 0.803. The lowest BCUT2D eigenvalue weighted by Crippen LogP contribution is -2.59. The molecule has 102 heavy (non-hydrogen) atoms. The zero-order valence-corrected chi connectivity index (χ0v) is 58.5. The highest BCUT2D eigenvalue weighted by molar-refractivity contribution is 6.32. The van der Waals surface area contributed by atoms with Gasteiger partial charge >= 0.3 is 6.03 Å². The van der Waals surface area contributed by atoms with Gasteiger partial charge in [0.05, 0.1) is 29.6 Å². The van der Waals surface area contributed by atoms with Crippen LogP contribution in [0, 0.1) is 29.6 Å². The molecule has 5 heterocycles. The largest absolute Gasteiger partial charge is 0.508 e. The number of benzene rings is 5. The van der Waals surface area contributed by atoms with Crippen LogP contribution in [-0.4, -0.2) is 130 Å². The molecule has 4 fully saturated rings. The molecule has 10 amide bonds. The van der Waals surface area contributed by atoms with Gasteiger partial charge in [0, 0.05) is 29.8 Å². The Bertz CT molecular complexity index is 4050. The van der Waals surface area contributed by atoms with Gasteiger partial charge in [0.15, 0.2) is 11.5 Å². The number of ether oxygens (including phenoxy) is 3. The van der Waals surface area contributed by atoms with Gasteiger partial charge in [0.2, 0.25) is 53.0 Å². The predicted molar refractivity (Wildman–Crippen MR) is 372 cm³/mol. The second-order valence-corrected chi connectivity index (χ2v) is 28.6. The normalized spacial score (nSPS) is 25.4. The van der Waals surface area contributed by atoms with Crippen molar-refractivity contribution in [2.75, 3.05) is 20.7 Å². The van der Waals surface area contributed by atoms with Crippen LogP contribution in [0.25, 0.3) is 11.1 Å². The number of fused-ring (bicyclic) bond motifs is 15. The van der Waals surface area contributed by atoms with E-state index in [4.69, 9.17) is 37.4 Å². The van der Waals surface area contributed by atoms with Gasteiger partial charge in [-0.3, -0.25) is 43.7 Å². The Kier molecular flexibility index (Phi) is 23.1. The first-order valence-corrected chi connectivity index (χ1v) is 35.3. The van der Waals surface area contributed by atoms with E-state index in [0.717, 1.165) is 82.4 Å². The van der Waals surface area contributed by atoms with Gasteiger partial charge in [-0.05, 0) is 164 Å². The van der Waals surface area contributed by atoms with E-state index in [1.807, 2.05) is 13.8 Å². The van der Waals surface area contributed by atoms with E-state index in [1.165, 1.54) is 74.8 Å². The zero-order chi connectivity index (χ0) is 73.0. The number of hydrogen-bond acceptors (Lipinski definition) is 18. The van der Waals surface area contributed by atoms with Gasteiger partial charge in [0.25, 0.3) is 0 Å². The first-order valence-electron chi connectivity index (χ1n) is 34.6. The van der Waals surface area contributed by atoms with Crippen molar-refractivity contribution in [1.29, 1.82) is 0 Å². The van der Waals surface area contributed by atoms with Crippen LogP contribution in [0.4, 0.5) is 4.79 Å². The summed E-state index contributed by atoms with van der Waals surface area (Å²) in [6, 6.07) is 1.38. The minimum atomic E-state index is -2.15. The number of phenols is 3. The van der Waals surface area contributed by atoms with E-state index in [-0.39, 0.29) is 114 Å². The van der Waals surface area contributed by atoms with Crippen LogP contribution in [0.2, 0.25) is 10.0 Å². The number of rotatable bonds is 17. The van der Waals surface area contributed by atoms with Crippen molar-refractivity contribution in [1.82, 2.24) is 53.2 Å². The van der Waals surface area contributed by atoms with E-state index in [0.29, 0.717) is 18.3 Å². The Morgan fingerprint density at radius 2 is 1.23 bits per heavy atom. The molecule has 0 radical (unpaired) electrons. The average molecular weight is 1450 g/mol. The van der Waals surface area contributed by atoms with Crippen molar-refractivity contribution in [2.24, 2.45) is 29.6 Å². The van der Waals surface area contributed by atoms with Gasteiger partial charge in [-0.25, -0.2) is 4.79 Å². The molecule has 9 atom stereocenters. The Morgan fingerprint density at radius 1 is 0.627 bits per heavy atom. The summed E-state index contributed by atoms with van der Waals surface area (Å²) in [6.45, 7) is 5.98. The van der Waals surface area contributed by atoms with Gasteiger partial charge in [0.1, 0.15) is 77.2 Å². The number of carbonyl (C=O) groups is 9. The highest BCUT2D eigenvalue weighted by atomic mass is 35.5. The molecule has 5 aromatic carbocycles. The summed E-state index contributed by atoms with van der Waals surface area (Å²) < 4.78 is 18.9. The number of carbonyl (C=O) groups excluding carboxylic acids is 9. The maximum absolute atomic E-state index is 16.0. The fourth-order valence-corrected chi connectivity index (χ4v) is 15.7. The van der Waals surface area contributed by atoms with E-state index < -0.39 is 131 Å². The molecule has 4 saturated carbocycles. The Hall–Kier alpha value is -9.41. The van der Waals surface area contributed by atoms with Crippen LogP contribution in [0.1, 0.15) is 162 Å². The van der Waals surface area contributed by atoms with Crippen molar-refractivity contribution in [3.63, 3.8) is 0 Å². The molecule has 29 heteroatoms. The molecular formula is C73H86Cl2N10O17. The van der Waals surface area contributed by atoms with Crippen LogP contribution in [0.3, 0.4) is 0 Å². The van der Waals surface area contributed by atoms with Crippen molar-refractivity contribution >= 4 is 76.5 Å². The number of hydrogen-bond donors (Lipinski definition) is 15.